The maximum absolute atomic E-state index is 13.3. The Kier molecular flexibility index (Phi) is 10.0. The summed E-state index contributed by atoms with van der Waals surface area (Å²) in [5.74, 6) is -1.34. The van der Waals surface area contributed by atoms with E-state index >= 15 is 0 Å². The third-order valence-electron chi connectivity index (χ3n) is 5.98. The fourth-order valence-electron chi connectivity index (χ4n) is 4.06. The molecule has 172 valence electrons. The molecule has 0 aromatic heterocycles. The molecule has 1 aliphatic rings. The summed E-state index contributed by atoms with van der Waals surface area (Å²) in [6.45, 7) is 14.3. The van der Waals surface area contributed by atoms with Crippen LogP contribution in [0.15, 0.2) is 11.6 Å². The van der Waals surface area contributed by atoms with Crippen LogP contribution in [0.2, 0.25) is 0 Å². The number of amides is 2. The zero-order valence-corrected chi connectivity index (χ0v) is 19.9. The molecule has 0 saturated carbocycles. The molecule has 7 heteroatoms. The van der Waals surface area contributed by atoms with Crippen LogP contribution < -0.4 is 5.32 Å². The lowest BCUT2D eigenvalue weighted by Crippen LogP contribution is -2.58. The van der Waals surface area contributed by atoms with Crippen LogP contribution in [-0.2, 0) is 14.4 Å². The lowest BCUT2D eigenvalue weighted by Gasteiger charge is -2.39. The number of likely N-dealkylation sites (tertiary alicyclic amines) is 1. The minimum absolute atomic E-state index is 0.0338. The molecule has 1 saturated heterocycles. The largest absolute Gasteiger partial charge is 0.478 e. The number of rotatable bonds is 9. The summed E-state index contributed by atoms with van der Waals surface area (Å²) in [4.78, 5) is 41.5. The molecule has 1 heterocycles. The van der Waals surface area contributed by atoms with Crippen molar-refractivity contribution in [2.24, 2.45) is 11.8 Å². The number of likely N-dealkylation sites (N-methyl/N-ethyl adjacent to an activating group) is 1. The molecule has 3 atom stereocenters. The Hall–Kier alpha value is -1.89. The maximum Gasteiger partial charge on any atom is 0.331 e. The molecule has 1 aliphatic heterocycles. The number of carbonyl (C=O) groups excluding carboxylic acids is 2. The average molecular weight is 424 g/mol. The van der Waals surface area contributed by atoms with E-state index in [1.807, 2.05) is 27.7 Å². The second kappa shape index (κ2) is 11.5. The standard InChI is InChI=1S/C23H41N3O4/c1-14(2)19(13-17(7)23(29)30)25(8)22(28)20(15(3)4)24-21(27)18-11-9-10-12-26(18)16(5)6/h13-16,18-20H,9-12H2,1-8H3,(H,24,27)(H,29,30)/b17-13+/t18?,19-,20+/m1/s1. The van der Waals surface area contributed by atoms with Gasteiger partial charge in [0.15, 0.2) is 0 Å². The first-order valence-corrected chi connectivity index (χ1v) is 11.1. The van der Waals surface area contributed by atoms with Gasteiger partial charge in [0.05, 0.1) is 12.1 Å². The van der Waals surface area contributed by atoms with Crippen LogP contribution >= 0.6 is 0 Å². The van der Waals surface area contributed by atoms with Gasteiger partial charge >= 0.3 is 5.97 Å². The second-order valence-electron chi connectivity index (χ2n) is 9.41. The minimum atomic E-state index is -0.999. The second-order valence-corrected chi connectivity index (χ2v) is 9.41. The van der Waals surface area contributed by atoms with Crippen molar-refractivity contribution in [3.8, 4) is 0 Å². The van der Waals surface area contributed by atoms with Crippen molar-refractivity contribution in [3.63, 3.8) is 0 Å². The minimum Gasteiger partial charge on any atom is -0.478 e. The van der Waals surface area contributed by atoms with Crippen LogP contribution in [0.5, 0.6) is 0 Å². The quantitative estimate of drug-likeness (QED) is 0.557. The van der Waals surface area contributed by atoms with Gasteiger partial charge in [0, 0.05) is 18.7 Å². The van der Waals surface area contributed by atoms with Crippen LogP contribution in [0.3, 0.4) is 0 Å². The van der Waals surface area contributed by atoms with Crippen molar-refractivity contribution in [2.45, 2.75) is 91.9 Å². The van der Waals surface area contributed by atoms with Gasteiger partial charge in [0.1, 0.15) is 6.04 Å². The molecule has 0 aromatic carbocycles. The summed E-state index contributed by atoms with van der Waals surface area (Å²) in [6, 6.07) is -0.966. The lowest BCUT2D eigenvalue weighted by atomic mass is 9.95. The average Bonchev–Trinajstić information content (AvgIpc) is 2.67. The van der Waals surface area contributed by atoms with E-state index in [2.05, 4.69) is 24.1 Å². The normalized spacial score (nSPS) is 20.4. The van der Waals surface area contributed by atoms with E-state index in [4.69, 9.17) is 0 Å². The number of nitrogens with one attached hydrogen (secondary N) is 1. The summed E-state index contributed by atoms with van der Waals surface area (Å²) in [7, 11) is 1.68. The third kappa shape index (κ3) is 6.83. The highest BCUT2D eigenvalue weighted by Gasteiger charge is 2.35. The van der Waals surface area contributed by atoms with Gasteiger partial charge in [0.25, 0.3) is 0 Å². The highest BCUT2D eigenvalue weighted by atomic mass is 16.4. The molecular formula is C23H41N3O4. The van der Waals surface area contributed by atoms with Crippen LogP contribution in [0.25, 0.3) is 0 Å². The first-order chi connectivity index (χ1) is 13.9. The molecule has 30 heavy (non-hydrogen) atoms. The first-order valence-electron chi connectivity index (χ1n) is 11.1. The molecule has 0 spiro atoms. The monoisotopic (exact) mass is 423 g/mol. The van der Waals surface area contributed by atoms with Crippen LogP contribution in [0.4, 0.5) is 0 Å². The van der Waals surface area contributed by atoms with Gasteiger partial charge in [-0.1, -0.05) is 40.2 Å². The Morgan fingerprint density at radius 3 is 2.13 bits per heavy atom. The van der Waals surface area contributed by atoms with E-state index in [1.54, 1.807) is 18.0 Å². The Labute approximate surface area is 181 Å². The number of hydrogen-bond donors (Lipinski definition) is 2. The summed E-state index contributed by atoms with van der Waals surface area (Å²) in [5.41, 5.74) is 0.202. The molecule has 0 bridgehead atoms. The van der Waals surface area contributed by atoms with Crippen molar-refractivity contribution in [2.75, 3.05) is 13.6 Å². The summed E-state index contributed by atoms with van der Waals surface area (Å²) in [6.07, 6.45) is 4.51. The molecule has 0 aromatic rings. The SMILES string of the molecule is C/C(=C\[C@H](C(C)C)N(C)C(=O)[C@@H](NC(=O)C1CCCCN1C(C)C)C(C)C)C(=O)O. The summed E-state index contributed by atoms with van der Waals surface area (Å²) in [5, 5.41) is 12.2. The molecule has 1 unspecified atom stereocenters. The number of hydrogen-bond acceptors (Lipinski definition) is 4. The van der Waals surface area contributed by atoms with Crippen LogP contribution in [-0.4, -0.2) is 70.4 Å². The van der Waals surface area contributed by atoms with E-state index in [-0.39, 0.29) is 47.3 Å². The van der Waals surface area contributed by atoms with E-state index in [1.165, 1.54) is 6.92 Å². The van der Waals surface area contributed by atoms with Gasteiger partial charge in [-0.3, -0.25) is 14.5 Å². The Morgan fingerprint density at radius 1 is 1.07 bits per heavy atom. The number of carboxylic acid groups (broad SMARTS) is 1. The molecule has 2 N–H and O–H groups in total. The van der Waals surface area contributed by atoms with E-state index in [0.717, 1.165) is 25.8 Å². The van der Waals surface area contributed by atoms with Gasteiger partial charge in [-0.25, -0.2) is 4.79 Å². The predicted molar refractivity (Wildman–Crippen MR) is 119 cm³/mol. The Bertz CT molecular complexity index is 642. The van der Waals surface area contributed by atoms with Crippen molar-refractivity contribution in [3.05, 3.63) is 11.6 Å². The van der Waals surface area contributed by atoms with Gasteiger partial charge in [-0.2, -0.15) is 0 Å². The predicted octanol–water partition coefficient (Wildman–Crippen LogP) is 2.90. The van der Waals surface area contributed by atoms with Gasteiger partial charge in [0.2, 0.25) is 11.8 Å². The van der Waals surface area contributed by atoms with Crippen molar-refractivity contribution >= 4 is 17.8 Å². The molecule has 0 radical (unpaired) electrons. The summed E-state index contributed by atoms with van der Waals surface area (Å²) >= 11 is 0. The highest BCUT2D eigenvalue weighted by Crippen LogP contribution is 2.21. The number of piperidine rings is 1. The Morgan fingerprint density at radius 2 is 1.67 bits per heavy atom. The van der Waals surface area contributed by atoms with Crippen LogP contribution in [0.1, 0.15) is 67.7 Å². The topological polar surface area (TPSA) is 90.0 Å². The summed E-state index contributed by atoms with van der Waals surface area (Å²) < 4.78 is 0. The first kappa shape index (κ1) is 26.1. The van der Waals surface area contributed by atoms with E-state index in [9.17, 15) is 19.5 Å². The maximum atomic E-state index is 13.3. The smallest absolute Gasteiger partial charge is 0.331 e. The lowest BCUT2D eigenvalue weighted by molar-refractivity contribution is -0.140. The van der Waals surface area contributed by atoms with E-state index in [0.29, 0.717) is 0 Å². The zero-order chi connectivity index (χ0) is 23.2. The van der Waals surface area contributed by atoms with Crippen LogP contribution in [0, 0.1) is 11.8 Å². The number of nitrogens with zero attached hydrogens (tertiary/aromatic N) is 2. The van der Waals surface area contributed by atoms with Crippen molar-refractivity contribution < 1.29 is 19.5 Å². The molecular weight excluding hydrogens is 382 g/mol. The van der Waals surface area contributed by atoms with Gasteiger partial charge in [-0.05, 0) is 52.0 Å². The van der Waals surface area contributed by atoms with Gasteiger partial charge in [-0.15, -0.1) is 0 Å². The fourth-order valence-corrected chi connectivity index (χ4v) is 4.06. The third-order valence-corrected chi connectivity index (χ3v) is 5.98. The van der Waals surface area contributed by atoms with E-state index < -0.39 is 12.0 Å². The molecule has 1 rings (SSSR count). The number of aliphatic carboxylic acids is 1. The van der Waals surface area contributed by atoms with Crippen molar-refractivity contribution in [1.82, 2.24) is 15.1 Å². The molecule has 2 amide bonds. The highest BCUT2D eigenvalue weighted by molar-refractivity contribution is 5.90. The molecule has 7 nitrogen and oxygen atoms in total. The number of carboxylic acids is 1. The van der Waals surface area contributed by atoms with Crippen molar-refractivity contribution in [1.29, 1.82) is 0 Å². The van der Waals surface area contributed by atoms with Gasteiger partial charge < -0.3 is 15.3 Å². The zero-order valence-electron chi connectivity index (χ0n) is 19.9. The Balaban J connectivity index is 3.04. The fraction of sp³-hybridized carbons (Fsp3) is 0.783. The molecule has 1 fully saturated rings. The molecule has 0 aliphatic carbocycles. The number of carbonyl (C=O) groups is 3.